The summed E-state index contributed by atoms with van der Waals surface area (Å²) in [5, 5.41) is 14.0. The van der Waals surface area contributed by atoms with E-state index in [-0.39, 0.29) is 17.2 Å². The first-order chi connectivity index (χ1) is 12.6. The zero-order chi connectivity index (χ0) is 21.8. The smallest absolute Gasteiger partial charge is 0.407 e. The van der Waals surface area contributed by atoms with Gasteiger partial charge in [-0.15, -0.1) is 0 Å². The lowest BCUT2D eigenvalue weighted by Crippen LogP contribution is -2.46. The number of alkyl carbamates (subject to hydrolysis) is 1. The zero-order valence-corrected chi connectivity index (χ0v) is 20.2. The maximum absolute atomic E-state index is 12.1. The van der Waals surface area contributed by atoms with Crippen LogP contribution in [0.2, 0.25) is 23.2 Å². The average molecular weight is 430 g/mol. The number of aliphatic hydroxyl groups is 1. The molecule has 1 rings (SSSR count). The number of benzene rings is 1. The van der Waals surface area contributed by atoms with Crippen molar-refractivity contribution in [3.63, 3.8) is 0 Å². The fourth-order valence-corrected chi connectivity index (χ4v) is 3.99. The van der Waals surface area contributed by atoms with Crippen molar-refractivity contribution in [1.29, 1.82) is 0 Å². The molecule has 0 heterocycles. The van der Waals surface area contributed by atoms with Gasteiger partial charge in [-0.3, -0.25) is 0 Å². The minimum Gasteiger partial charge on any atom is -0.447 e. The lowest BCUT2D eigenvalue weighted by molar-refractivity contribution is 0.0346. The SMILES string of the molecule is CC(C)(C)NC(=O)OC[C@H](CC(O)c1ccccc1Cl)O[Si](C)(C)C(C)(C)C. The Morgan fingerprint density at radius 1 is 1.18 bits per heavy atom. The summed E-state index contributed by atoms with van der Waals surface area (Å²) in [5.74, 6) is 0. The number of amides is 1. The predicted octanol–water partition coefficient (Wildman–Crippen LogP) is 5.68. The lowest BCUT2D eigenvalue weighted by atomic mass is 10.0. The summed E-state index contributed by atoms with van der Waals surface area (Å²) in [6.45, 7) is 16.4. The molecule has 2 N–H and O–H groups in total. The molecule has 2 atom stereocenters. The molecule has 0 fully saturated rings. The zero-order valence-electron chi connectivity index (χ0n) is 18.4. The topological polar surface area (TPSA) is 67.8 Å². The first-order valence-electron chi connectivity index (χ1n) is 9.67. The van der Waals surface area contributed by atoms with Crippen LogP contribution in [-0.2, 0) is 9.16 Å². The summed E-state index contributed by atoms with van der Waals surface area (Å²) < 4.78 is 11.9. The molecule has 1 unspecified atom stereocenters. The molecule has 0 bridgehead atoms. The standard InChI is InChI=1S/C21H36ClNO4Si/c1-20(2,3)23-19(25)26-14-15(27-28(7,8)21(4,5)6)13-18(24)16-11-9-10-12-17(16)22/h9-12,15,18,24H,13-14H2,1-8H3,(H,23,25)/t15-,18?/m0/s1. The number of halogens is 1. The number of hydrogen-bond donors (Lipinski definition) is 2. The number of rotatable bonds is 7. The Morgan fingerprint density at radius 2 is 1.75 bits per heavy atom. The van der Waals surface area contributed by atoms with E-state index in [0.29, 0.717) is 17.0 Å². The fraction of sp³-hybridized carbons (Fsp3) is 0.667. The quantitative estimate of drug-likeness (QED) is 0.547. The van der Waals surface area contributed by atoms with E-state index in [1.165, 1.54) is 0 Å². The maximum Gasteiger partial charge on any atom is 0.407 e. The van der Waals surface area contributed by atoms with Crippen LogP contribution in [0.5, 0.6) is 0 Å². The monoisotopic (exact) mass is 429 g/mol. The molecule has 1 aromatic carbocycles. The molecule has 160 valence electrons. The highest BCUT2D eigenvalue weighted by Gasteiger charge is 2.40. The third-order valence-corrected chi connectivity index (χ3v) is 9.77. The average Bonchev–Trinajstić information content (AvgIpc) is 2.50. The van der Waals surface area contributed by atoms with Crippen molar-refractivity contribution in [2.24, 2.45) is 0 Å². The second-order valence-corrected chi connectivity index (χ2v) is 14.9. The van der Waals surface area contributed by atoms with Crippen LogP contribution in [-0.4, -0.2) is 37.8 Å². The molecular formula is C21H36ClNO4Si. The van der Waals surface area contributed by atoms with Crippen molar-refractivity contribution in [1.82, 2.24) is 5.32 Å². The first-order valence-corrected chi connectivity index (χ1v) is 13.0. The van der Waals surface area contributed by atoms with Crippen LogP contribution in [0.25, 0.3) is 0 Å². The van der Waals surface area contributed by atoms with E-state index in [2.05, 4.69) is 39.2 Å². The van der Waals surface area contributed by atoms with Gasteiger partial charge in [-0.1, -0.05) is 50.6 Å². The Bertz CT molecular complexity index is 653. The fourth-order valence-electron chi connectivity index (χ4n) is 2.38. The van der Waals surface area contributed by atoms with Gasteiger partial charge in [0.1, 0.15) is 6.61 Å². The van der Waals surface area contributed by atoms with Gasteiger partial charge in [0.2, 0.25) is 0 Å². The second-order valence-electron chi connectivity index (χ2n) is 9.75. The number of carbonyl (C=O) groups is 1. The van der Waals surface area contributed by atoms with Crippen LogP contribution in [0.4, 0.5) is 4.79 Å². The summed E-state index contributed by atoms with van der Waals surface area (Å²) >= 11 is 6.22. The van der Waals surface area contributed by atoms with Crippen molar-refractivity contribution in [3.8, 4) is 0 Å². The van der Waals surface area contributed by atoms with E-state index in [1.807, 2.05) is 32.9 Å². The number of carbonyl (C=O) groups excluding carboxylic acids is 1. The van der Waals surface area contributed by atoms with Crippen LogP contribution in [0.15, 0.2) is 24.3 Å². The molecule has 1 aromatic rings. The molecule has 0 saturated heterocycles. The highest BCUT2D eigenvalue weighted by molar-refractivity contribution is 6.74. The first kappa shape index (κ1) is 25.0. The van der Waals surface area contributed by atoms with E-state index >= 15 is 0 Å². The molecule has 0 spiro atoms. The van der Waals surface area contributed by atoms with Crippen LogP contribution in [0, 0.1) is 0 Å². The van der Waals surface area contributed by atoms with Gasteiger partial charge in [-0.05, 0) is 50.5 Å². The van der Waals surface area contributed by atoms with Crippen LogP contribution in [0.3, 0.4) is 0 Å². The highest BCUT2D eigenvalue weighted by atomic mass is 35.5. The van der Waals surface area contributed by atoms with E-state index in [1.54, 1.807) is 12.1 Å². The highest BCUT2D eigenvalue weighted by Crippen LogP contribution is 2.38. The lowest BCUT2D eigenvalue weighted by Gasteiger charge is -2.39. The molecule has 0 aliphatic heterocycles. The van der Waals surface area contributed by atoms with Crippen LogP contribution >= 0.6 is 11.6 Å². The van der Waals surface area contributed by atoms with Gasteiger partial charge in [0.05, 0.1) is 12.2 Å². The van der Waals surface area contributed by atoms with Crippen molar-refractivity contribution in [2.75, 3.05) is 6.61 Å². The van der Waals surface area contributed by atoms with E-state index < -0.39 is 26.6 Å². The molecule has 0 aliphatic rings. The van der Waals surface area contributed by atoms with Crippen LogP contribution in [0.1, 0.15) is 59.6 Å². The minimum absolute atomic E-state index is 0.00569. The molecule has 5 nitrogen and oxygen atoms in total. The van der Waals surface area contributed by atoms with Gasteiger partial charge in [0.25, 0.3) is 0 Å². The molecule has 7 heteroatoms. The third-order valence-electron chi connectivity index (χ3n) is 4.90. The molecule has 0 aliphatic carbocycles. The Kier molecular flexibility index (Phi) is 8.57. The largest absolute Gasteiger partial charge is 0.447 e. The molecule has 0 saturated carbocycles. The molecule has 0 radical (unpaired) electrons. The van der Waals surface area contributed by atoms with Crippen molar-refractivity contribution < 1.29 is 19.1 Å². The molecule has 0 aromatic heterocycles. The summed E-state index contributed by atoms with van der Waals surface area (Å²) in [5.41, 5.74) is 0.261. The van der Waals surface area contributed by atoms with Crippen molar-refractivity contribution >= 4 is 26.0 Å². The van der Waals surface area contributed by atoms with Crippen molar-refractivity contribution in [2.45, 2.75) is 83.8 Å². The summed E-state index contributed by atoms with van der Waals surface area (Å²) in [6, 6.07) is 7.20. The Balaban J connectivity index is 2.91. The molecular weight excluding hydrogens is 394 g/mol. The normalized spacial score (nSPS) is 15.1. The van der Waals surface area contributed by atoms with Gasteiger partial charge >= 0.3 is 6.09 Å². The van der Waals surface area contributed by atoms with E-state index in [0.717, 1.165) is 0 Å². The van der Waals surface area contributed by atoms with Gasteiger partial charge in [-0.2, -0.15) is 0 Å². The number of nitrogens with one attached hydrogen (secondary N) is 1. The Labute approximate surface area is 175 Å². The Morgan fingerprint density at radius 3 is 2.25 bits per heavy atom. The van der Waals surface area contributed by atoms with E-state index in [4.69, 9.17) is 20.8 Å². The van der Waals surface area contributed by atoms with Crippen LogP contribution < -0.4 is 5.32 Å². The number of ether oxygens (including phenoxy) is 1. The molecule has 28 heavy (non-hydrogen) atoms. The van der Waals surface area contributed by atoms with Gasteiger partial charge in [0, 0.05) is 17.0 Å². The second kappa shape index (κ2) is 9.61. The van der Waals surface area contributed by atoms with Crippen molar-refractivity contribution in [3.05, 3.63) is 34.9 Å². The van der Waals surface area contributed by atoms with Gasteiger partial charge in [0.15, 0.2) is 8.32 Å². The third kappa shape index (κ3) is 8.11. The maximum atomic E-state index is 12.1. The number of aliphatic hydroxyl groups excluding tert-OH is 1. The minimum atomic E-state index is -2.12. The van der Waals surface area contributed by atoms with E-state index in [9.17, 15) is 9.90 Å². The van der Waals surface area contributed by atoms with Gasteiger partial charge in [-0.25, -0.2) is 4.79 Å². The molecule has 1 amide bonds. The number of hydrogen-bond acceptors (Lipinski definition) is 4. The summed E-state index contributed by atoms with van der Waals surface area (Å²) in [6.07, 6.45) is -1.45. The Hall–Kier alpha value is -1.08. The van der Waals surface area contributed by atoms with Gasteiger partial charge < -0.3 is 19.6 Å². The summed E-state index contributed by atoms with van der Waals surface area (Å²) in [4.78, 5) is 12.1. The predicted molar refractivity (Wildman–Crippen MR) is 117 cm³/mol. The summed E-state index contributed by atoms with van der Waals surface area (Å²) in [7, 11) is -2.12.